The molecule has 3 aromatic rings. The number of methoxy groups -OCH3 is 2. The molecule has 3 rings (SSSR count). The lowest BCUT2D eigenvalue weighted by molar-refractivity contribution is -0.115. The van der Waals surface area contributed by atoms with Crippen LogP contribution in [0.1, 0.15) is 5.56 Å². The van der Waals surface area contributed by atoms with Gasteiger partial charge in [-0.25, -0.2) is 4.98 Å². The summed E-state index contributed by atoms with van der Waals surface area (Å²) < 4.78 is 11.6. The lowest BCUT2D eigenvalue weighted by atomic mass is 10.1. The largest absolute Gasteiger partial charge is 0.497 e. The summed E-state index contributed by atoms with van der Waals surface area (Å²) >= 11 is 14.7. The number of benzene rings is 1. The lowest BCUT2D eigenvalue weighted by Crippen LogP contribution is -2.14. The molecule has 0 radical (unpaired) electrons. The van der Waals surface area contributed by atoms with Gasteiger partial charge in [0.05, 0.1) is 30.7 Å². The quantitative estimate of drug-likeness (QED) is 0.572. The van der Waals surface area contributed by atoms with Gasteiger partial charge in [0.1, 0.15) is 15.8 Å². The van der Waals surface area contributed by atoms with Gasteiger partial charge in [0.2, 0.25) is 5.91 Å². The molecule has 0 aliphatic rings. The van der Waals surface area contributed by atoms with Gasteiger partial charge in [0.25, 0.3) is 0 Å². The minimum atomic E-state index is -0.191. The number of rotatable bonds is 6. The molecule has 0 saturated heterocycles. The van der Waals surface area contributed by atoms with E-state index in [2.05, 4.69) is 10.3 Å². The van der Waals surface area contributed by atoms with E-state index in [1.807, 2.05) is 5.38 Å². The Bertz CT molecular complexity index is 940. The van der Waals surface area contributed by atoms with E-state index in [-0.39, 0.29) is 12.3 Å². The van der Waals surface area contributed by atoms with Gasteiger partial charge in [-0.1, -0.05) is 29.3 Å². The SMILES string of the molecule is COc1ccc(CC(=O)Nc2nc(-c3cc(Cl)sc3Cl)cs2)c(OC)c1. The first kappa shape index (κ1) is 19.0. The van der Waals surface area contributed by atoms with E-state index in [9.17, 15) is 4.79 Å². The van der Waals surface area contributed by atoms with Gasteiger partial charge in [0.15, 0.2) is 5.13 Å². The molecule has 2 heterocycles. The van der Waals surface area contributed by atoms with Crippen LogP contribution in [0, 0.1) is 0 Å². The maximum Gasteiger partial charge on any atom is 0.230 e. The number of amides is 1. The number of hydrogen-bond donors (Lipinski definition) is 1. The number of halogens is 2. The van der Waals surface area contributed by atoms with E-state index < -0.39 is 0 Å². The van der Waals surface area contributed by atoms with Crippen molar-refractivity contribution in [1.82, 2.24) is 4.98 Å². The summed E-state index contributed by atoms with van der Waals surface area (Å²) in [5.41, 5.74) is 2.20. The molecule has 9 heteroatoms. The fourth-order valence-electron chi connectivity index (χ4n) is 2.30. The predicted molar refractivity (Wildman–Crippen MR) is 107 cm³/mol. The van der Waals surface area contributed by atoms with Crippen LogP contribution in [0.4, 0.5) is 5.13 Å². The van der Waals surface area contributed by atoms with Crippen molar-refractivity contribution in [3.05, 3.63) is 43.9 Å². The van der Waals surface area contributed by atoms with Crippen molar-refractivity contribution in [2.24, 2.45) is 0 Å². The summed E-state index contributed by atoms with van der Waals surface area (Å²) in [6.07, 6.45) is 0.160. The molecule has 0 bridgehead atoms. The summed E-state index contributed by atoms with van der Waals surface area (Å²) in [6, 6.07) is 7.09. The van der Waals surface area contributed by atoms with Crippen molar-refractivity contribution < 1.29 is 14.3 Å². The highest BCUT2D eigenvalue weighted by molar-refractivity contribution is 7.20. The number of carbonyl (C=O) groups excluding carboxylic acids is 1. The summed E-state index contributed by atoms with van der Waals surface area (Å²) in [6.45, 7) is 0. The molecular weight excluding hydrogens is 415 g/mol. The van der Waals surface area contributed by atoms with Crippen LogP contribution in [0.3, 0.4) is 0 Å². The summed E-state index contributed by atoms with van der Waals surface area (Å²) in [4.78, 5) is 16.8. The standard InChI is InChI=1S/C17H14Cl2N2O3S2/c1-23-10-4-3-9(13(6-10)24-2)5-15(22)21-17-20-12(8-25-17)11-7-14(18)26-16(11)19/h3-4,6-8H,5H2,1-2H3,(H,20,21,22). The van der Waals surface area contributed by atoms with Crippen LogP contribution in [-0.4, -0.2) is 25.1 Å². The molecule has 2 aromatic heterocycles. The lowest BCUT2D eigenvalue weighted by Gasteiger charge is -2.10. The molecule has 0 atom stereocenters. The Morgan fingerprint density at radius 3 is 2.69 bits per heavy atom. The van der Waals surface area contributed by atoms with E-state index in [4.69, 9.17) is 32.7 Å². The number of nitrogens with one attached hydrogen (secondary N) is 1. The van der Waals surface area contributed by atoms with Crippen molar-refractivity contribution in [3.8, 4) is 22.8 Å². The molecular formula is C17H14Cl2N2O3S2. The smallest absolute Gasteiger partial charge is 0.230 e. The fourth-order valence-corrected chi connectivity index (χ4v) is 4.51. The first-order valence-electron chi connectivity index (χ1n) is 7.41. The van der Waals surface area contributed by atoms with E-state index in [1.165, 1.54) is 22.7 Å². The second-order valence-corrected chi connectivity index (χ2v) is 8.32. The van der Waals surface area contributed by atoms with Crippen molar-refractivity contribution in [2.45, 2.75) is 6.42 Å². The molecule has 5 nitrogen and oxygen atoms in total. The zero-order chi connectivity index (χ0) is 18.7. The number of hydrogen-bond acceptors (Lipinski definition) is 6. The zero-order valence-electron chi connectivity index (χ0n) is 13.8. The second kappa shape index (κ2) is 8.26. The number of ether oxygens (including phenoxy) is 2. The Morgan fingerprint density at radius 1 is 1.23 bits per heavy atom. The highest BCUT2D eigenvalue weighted by Crippen LogP contribution is 2.39. The minimum absolute atomic E-state index is 0.160. The van der Waals surface area contributed by atoms with Crippen LogP contribution < -0.4 is 14.8 Å². The number of carbonyl (C=O) groups is 1. The highest BCUT2D eigenvalue weighted by Gasteiger charge is 2.15. The van der Waals surface area contributed by atoms with E-state index in [0.29, 0.717) is 31.0 Å². The average molecular weight is 429 g/mol. The number of anilines is 1. The topological polar surface area (TPSA) is 60.5 Å². The van der Waals surface area contributed by atoms with Crippen LogP contribution in [0.5, 0.6) is 11.5 Å². The van der Waals surface area contributed by atoms with Crippen molar-refractivity contribution in [2.75, 3.05) is 19.5 Å². The van der Waals surface area contributed by atoms with Gasteiger partial charge >= 0.3 is 0 Å². The molecule has 136 valence electrons. The van der Waals surface area contributed by atoms with Crippen LogP contribution in [0.15, 0.2) is 29.6 Å². The van der Waals surface area contributed by atoms with Crippen LogP contribution in [0.2, 0.25) is 8.67 Å². The molecule has 0 spiro atoms. The van der Waals surface area contributed by atoms with Gasteiger partial charge < -0.3 is 14.8 Å². The number of nitrogens with zero attached hydrogens (tertiary/aromatic N) is 1. The Kier molecular flexibility index (Phi) is 6.03. The highest BCUT2D eigenvalue weighted by atomic mass is 35.5. The van der Waals surface area contributed by atoms with Gasteiger partial charge in [-0.3, -0.25) is 4.79 Å². The fraction of sp³-hybridized carbons (Fsp3) is 0.176. The normalized spacial score (nSPS) is 10.6. The molecule has 0 aliphatic carbocycles. The van der Waals surface area contributed by atoms with Gasteiger partial charge in [-0.15, -0.1) is 22.7 Å². The summed E-state index contributed by atoms with van der Waals surface area (Å²) in [5, 5.41) is 5.12. The Balaban J connectivity index is 1.70. The third-order valence-corrected chi connectivity index (χ3v) is 5.77. The first-order valence-corrected chi connectivity index (χ1v) is 9.87. The second-order valence-electron chi connectivity index (χ2n) is 5.18. The van der Waals surface area contributed by atoms with Gasteiger partial charge in [-0.2, -0.15) is 0 Å². The van der Waals surface area contributed by atoms with E-state index in [0.717, 1.165) is 11.1 Å². The van der Waals surface area contributed by atoms with E-state index >= 15 is 0 Å². The Morgan fingerprint density at radius 2 is 2.04 bits per heavy atom. The summed E-state index contributed by atoms with van der Waals surface area (Å²) in [7, 11) is 3.13. The minimum Gasteiger partial charge on any atom is -0.497 e. The van der Waals surface area contributed by atoms with Crippen LogP contribution in [0.25, 0.3) is 11.3 Å². The molecule has 1 amide bonds. The number of thiazole rings is 1. The predicted octanol–water partition coefficient (Wildman–Crippen LogP) is 5.38. The van der Waals surface area contributed by atoms with Gasteiger partial charge in [-0.05, 0) is 12.1 Å². The third-order valence-electron chi connectivity index (χ3n) is 3.53. The Labute approximate surface area is 168 Å². The van der Waals surface area contributed by atoms with Crippen LogP contribution in [-0.2, 0) is 11.2 Å². The van der Waals surface area contributed by atoms with E-state index in [1.54, 1.807) is 38.5 Å². The first-order chi connectivity index (χ1) is 12.5. The van der Waals surface area contributed by atoms with Crippen molar-refractivity contribution in [3.63, 3.8) is 0 Å². The number of aromatic nitrogens is 1. The van der Waals surface area contributed by atoms with Crippen molar-refractivity contribution in [1.29, 1.82) is 0 Å². The molecule has 0 aliphatic heterocycles. The molecule has 0 fully saturated rings. The monoisotopic (exact) mass is 428 g/mol. The zero-order valence-corrected chi connectivity index (χ0v) is 17.0. The molecule has 26 heavy (non-hydrogen) atoms. The maximum absolute atomic E-state index is 12.3. The number of thiophene rings is 1. The summed E-state index contributed by atoms with van der Waals surface area (Å²) in [5.74, 6) is 1.07. The third kappa shape index (κ3) is 4.29. The molecule has 0 saturated carbocycles. The van der Waals surface area contributed by atoms with Gasteiger partial charge in [0, 0.05) is 22.6 Å². The van der Waals surface area contributed by atoms with Crippen molar-refractivity contribution >= 4 is 56.9 Å². The van der Waals surface area contributed by atoms with Crippen LogP contribution >= 0.6 is 45.9 Å². The maximum atomic E-state index is 12.3. The molecule has 0 unspecified atom stereocenters. The average Bonchev–Trinajstić information content (AvgIpc) is 3.20. The molecule has 1 N–H and O–H groups in total. The molecule has 1 aromatic carbocycles. The Hall–Kier alpha value is -1.80.